The molecule has 0 spiro atoms. The Bertz CT molecular complexity index is 271. The summed E-state index contributed by atoms with van der Waals surface area (Å²) in [4.78, 5) is 14.5. The second-order valence-electron chi connectivity index (χ2n) is 5.33. The monoisotopic (exact) mass is 256 g/mol. The summed E-state index contributed by atoms with van der Waals surface area (Å²) < 4.78 is 5.18. The fourth-order valence-corrected chi connectivity index (χ4v) is 2.67. The molecule has 0 aromatic heterocycles. The van der Waals surface area contributed by atoms with Crippen LogP contribution in [0.3, 0.4) is 0 Å². The van der Waals surface area contributed by atoms with Crippen LogP contribution in [0.1, 0.15) is 46.5 Å². The Kier molecular flexibility index (Phi) is 6.09. The molecular weight excluding hydrogens is 228 g/mol. The Morgan fingerprint density at radius 3 is 2.72 bits per heavy atom. The number of piperidine rings is 1. The smallest absolute Gasteiger partial charge is 0.327 e. The first-order valence-corrected chi connectivity index (χ1v) is 7.17. The fourth-order valence-electron chi connectivity index (χ4n) is 2.67. The molecule has 0 bridgehead atoms. The van der Waals surface area contributed by atoms with Crippen LogP contribution >= 0.6 is 0 Å². The normalized spacial score (nSPS) is 24.6. The predicted molar refractivity (Wildman–Crippen MR) is 73.6 cm³/mol. The van der Waals surface area contributed by atoms with Crippen LogP contribution in [-0.4, -0.2) is 49.2 Å². The molecule has 1 heterocycles. The van der Waals surface area contributed by atoms with Crippen molar-refractivity contribution in [1.82, 2.24) is 10.2 Å². The van der Waals surface area contributed by atoms with Crippen molar-refractivity contribution in [2.24, 2.45) is 0 Å². The lowest BCUT2D eigenvalue weighted by atomic mass is 9.95. The van der Waals surface area contributed by atoms with E-state index in [2.05, 4.69) is 17.1 Å². The fraction of sp³-hybridized carbons (Fsp3) is 0.929. The van der Waals surface area contributed by atoms with Crippen LogP contribution in [0, 0.1) is 0 Å². The van der Waals surface area contributed by atoms with Crippen molar-refractivity contribution >= 4 is 5.97 Å². The number of likely N-dealkylation sites (tertiary alicyclic amines) is 1. The highest BCUT2D eigenvalue weighted by Crippen LogP contribution is 2.22. The van der Waals surface area contributed by atoms with Crippen LogP contribution in [0.5, 0.6) is 0 Å². The molecule has 1 N–H and O–H groups in total. The number of nitrogens with zero attached hydrogens (tertiary/aromatic N) is 1. The molecule has 0 aliphatic carbocycles. The number of hydrogen-bond acceptors (Lipinski definition) is 4. The van der Waals surface area contributed by atoms with Gasteiger partial charge in [0.2, 0.25) is 0 Å². The van der Waals surface area contributed by atoms with Gasteiger partial charge in [0.05, 0.1) is 6.61 Å². The lowest BCUT2D eigenvalue weighted by Crippen LogP contribution is -2.58. The summed E-state index contributed by atoms with van der Waals surface area (Å²) in [7, 11) is 1.84. The molecule has 4 nitrogen and oxygen atoms in total. The van der Waals surface area contributed by atoms with E-state index in [1.165, 1.54) is 19.3 Å². The van der Waals surface area contributed by atoms with Gasteiger partial charge in [0.1, 0.15) is 5.54 Å². The molecule has 1 aliphatic heterocycles. The van der Waals surface area contributed by atoms with E-state index in [0.717, 1.165) is 19.5 Å². The van der Waals surface area contributed by atoms with Crippen molar-refractivity contribution in [2.45, 2.75) is 58.0 Å². The molecule has 4 heteroatoms. The van der Waals surface area contributed by atoms with Gasteiger partial charge in [-0.2, -0.15) is 0 Å². The number of carbonyl (C=O) groups is 1. The van der Waals surface area contributed by atoms with Gasteiger partial charge >= 0.3 is 5.97 Å². The van der Waals surface area contributed by atoms with E-state index in [9.17, 15) is 4.79 Å². The minimum Gasteiger partial charge on any atom is -0.465 e. The zero-order valence-corrected chi connectivity index (χ0v) is 12.3. The molecule has 1 aliphatic rings. The molecule has 106 valence electrons. The van der Waals surface area contributed by atoms with Crippen molar-refractivity contribution in [3.63, 3.8) is 0 Å². The van der Waals surface area contributed by atoms with Crippen molar-refractivity contribution < 1.29 is 9.53 Å². The molecule has 18 heavy (non-hydrogen) atoms. The van der Waals surface area contributed by atoms with E-state index in [4.69, 9.17) is 4.74 Å². The predicted octanol–water partition coefficient (Wildman–Crippen LogP) is 1.79. The van der Waals surface area contributed by atoms with Gasteiger partial charge in [0.15, 0.2) is 0 Å². The lowest BCUT2D eigenvalue weighted by molar-refractivity contribution is -0.151. The summed E-state index contributed by atoms with van der Waals surface area (Å²) >= 11 is 0. The van der Waals surface area contributed by atoms with Gasteiger partial charge in [-0.3, -0.25) is 9.69 Å². The highest BCUT2D eigenvalue weighted by atomic mass is 16.5. The standard InChI is InChI=1S/C14H28N2O2/c1-5-12-9-7-8-10-16(12)11-14(3,15-4)13(17)18-6-2/h12,15H,5-11H2,1-4H3. The van der Waals surface area contributed by atoms with E-state index in [-0.39, 0.29) is 5.97 Å². The van der Waals surface area contributed by atoms with Crippen molar-refractivity contribution in [3.8, 4) is 0 Å². The molecule has 2 atom stereocenters. The maximum Gasteiger partial charge on any atom is 0.327 e. The minimum atomic E-state index is -0.596. The first-order valence-electron chi connectivity index (χ1n) is 7.17. The molecule has 0 amide bonds. The Morgan fingerprint density at radius 1 is 1.44 bits per heavy atom. The van der Waals surface area contributed by atoms with E-state index in [1.807, 2.05) is 20.9 Å². The summed E-state index contributed by atoms with van der Waals surface area (Å²) in [6.07, 6.45) is 4.95. The Balaban J connectivity index is 2.68. The van der Waals surface area contributed by atoms with E-state index in [0.29, 0.717) is 12.6 Å². The van der Waals surface area contributed by atoms with Crippen molar-refractivity contribution in [3.05, 3.63) is 0 Å². The molecule has 1 rings (SSSR count). The summed E-state index contributed by atoms with van der Waals surface area (Å²) in [5.74, 6) is -0.145. The summed E-state index contributed by atoms with van der Waals surface area (Å²) in [5, 5.41) is 3.14. The highest BCUT2D eigenvalue weighted by Gasteiger charge is 2.37. The Hall–Kier alpha value is -0.610. The molecule has 0 radical (unpaired) electrons. The second-order valence-corrected chi connectivity index (χ2v) is 5.33. The number of likely N-dealkylation sites (N-methyl/N-ethyl adjacent to an activating group) is 1. The maximum absolute atomic E-state index is 12.1. The topological polar surface area (TPSA) is 41.6 Å². The maximum atomic E-state index is 12.1. The molecule has 1 saturated heterocycles. The molecule has 0 aromatic rings. The van der Waals surface area contributed by atoms with Crippen LogP contribution < -0.4 is 5.32 Å². The first kappa shape index (κ1) is 15.4. The number of carbonyl (C=O) groups excluding carboxylic acids is 1. The largest absolute Gasteiger partial charge is 0.465 e. The third-order valence-electron chi connectivity index (χ3n) is 4.02. The molecule has 2 unspecified atom stereocenters. The zero-order chi connectivity index (χ0) is 13.6. The van der Waals surface area contributed by atoms with Crippen LogP contribution in [0.2, 0.25) is 0 Å². The average molecular weight is 256 g/mol. The number of hydrogen-bond donors (Lipinski definition) is 1. The first-order chi connectivity index (χ1) is 8.57. The van der Waals surface area contributed by atoms with Gasteiger partial charge in [0, 0.05) is 12.6 Å². The average Bonchev–Trinajstić information content (AvgIpc) is 2.39. The van der Waals surface area contributed by atoms with Crippen LogP contribution in [0.4, 0.5) is 0 Å². The summed E-state index contributed by atoms with van der Waals surface area (Å²) in [6.45, 7) is 8.28. The molecular formula is C14H28N2O2. The Labute approximate surface area is 111 Å². The molecule has 1 fully saturated rings. The van der Waals surface area contributed by atoms with Crippen molar-refractivity contribution in [1.29, 1.82) is 0 Å². The molecule has 0 aromatic carbocycles. The van der Waals surface area contributed by atoms with Gasteiger partial charge in [-0.25, -0.2) is 0 Å². The van der Waals surface area contributed by atoms with E-state index >= 15 is 0 Å². The Morgan fingerprint density at radius 2 is 2.17 bits per heavy atom. The van der Waals surface area contributed by atoms with Gasteiger partial charge in [-0.15, -0.1) is 0 Å². The van der Waals surface area contributed by atoms with Gasteiger partial charge in [0.25, 0.3) is 0 Å². The number of esters is 1. The van der Waals surface area contributed by atoms with Crippen LogP contribution in [0.15, 0.2) is 0 Å². The third-order valence-corrected chi connectivity index (χ3v) is 4.02. The number of rotatable bonds is 6. The summed E-state index contributed by atoms with van der Waals surface area (Å²) in [5.41, 5.74) is -0.596. The molecule has 0 saturated carbocycles. The van der Waals surface area contributed by atoms with Crippen LogP contribution in [0.25, 0.3) is 0 Å². The SMILES string of the molecule is CCOC(=O)C(C)(CN1CCCCC1CC)NC. The number of ether oxygens (including phenoxy) is 1. The van der Waals surface area contributed by atoms with Gasteiger partial charge < -0.3 is 10.1 Å². The van der Waals surface area contributed by atoms with Crippen molar-refractivity contribution in [2.75, 3.05) is 26.7 Å². The zero-order valence-electron chi connectivity index (χ0n) is 12.3. The number of nitrogens with one attached hydrogen (secondary N) is 1. The second kappa shape index (κ2) is 7.10. The minimum absolute atomic E-state index is 0.145. The third kappa shape index (κ3) is 3.69. The quantitative estimate of drug-likeness (QED) is 0.736. The van der Waals surface area contributed by atoms with Gasteiger partial charge in [-0.05, 0) is 46.7 Å². The lowest BCUT2D eigenvalue weighted by Gasteiger charge is -2.40. The van der Waals surface area contributed by atoms with Crippen LogP contribution in [-0.2, 0) is 9.53 Å². The van der Waals surface area contributed by atoms with Gasteiger partial charge in [-0.1, -0.05) is 13.3 Å². The van der Waals surface area contributed by atoms with E-state index < -0.39 is 5.54 Å². The summed E-state index contributed by atoms with van der Waals surface area (Å²) in [6, 6.07) is 0.612. The van der Waals surface area contributed by atoms with E-state index in [1.54, 1.807) is 0 Å². The highest BCUT2D eigenvalue weighted by molar-refractivity contribution is 5.80.